The molecule has 84 valence electrons. The average Bonchev–Trinajstić information content (AvgIpc) is 2.32. The van der Waals surface area contributed by atoms with Gasteiger partial charge in [-0.15, -0.1) is 6.42 Å². The first-order chi connectivity index (χ1) is 7.81. The molecule has 2 nitrogen and oxygen atoms in total. The van der Waals surface area contributed by atoms with Crippen molar-refractivity contribution in [3.05, 3.63) is 29.8 Å². The van der Waals surface area contributed by atoms with E-state index in [1.165, 1.54) is 18.4 Å². The molecule has 0 aliphatic carbocycles. The van der Waals surface area contributed by atoms with Gasteiger partial charge in [-0.25, -0.2) is 0 Å². The minimum Gasteiger partial charge on any atom is -0.508 e. The zero-order chi connectivity index (χ0) is 11.4. The van der Waals surface area contributed by atoms with Gasteiger partial charge in [0.15, 0.2) is 0 Å². The van der Waals surface area contributed by atoms with Crippen molar-refractivity contribution < 1.29 is 5.11 Å². The van der Waals surface area contributed by atoms with Gasteiger partial charge in [0, 0.05) is 6.04 Å². The number of aromatic hydroxyl groups is 1. The third-order valence-corrected chi connectivity index (χ3v) is 3.19. The molecule has 1 atom stereocenters. The second-order valence-corrected chi connectivity index (χ2v) is 4.28. The molecule has 1 N–H and O–H groups in total. The molecule has 0 amide bonds. The largest absolute Gasteiger partial charge is 0.508 e. The molecule has 0 aromatic heterocycles. The summed E-state index contributed by atoms with van der Waals surface area (Å²) in [7, 11) is 0. The molecule has 1 unspecified atom stereocenters. The maximum absolute atomic E-state index is 9.28. The smallest absolute Gasteiger partial charge is 0.115 e. The van der Waals surface area contributed by atoms with Crippen LogP contribution in [0.4, 0.5) is 0 Å². The molecule has 16 heavy (non-hydrogen) atoms. The van der Waals surface area contributed by atoms with E-state index in [2.05, 4.69) is 10.8 Å². The van der Waals surface area contributed by atoms with Gasteiger partial charge in [-0.05, 0) is 37.1 Å². The van der Waals surface area contributed by atoms with Crippen LogP contribution in [0.2, 0.25) is 0 Å². The van der Waals surface area contributed by atoms with Crippen LogP contribution >= 0.6 is 0 Å². The molecule has 1 aliphatic heterocycles. The van der Waals surface area contributed by atoms with Crippen molar-refractivity contribution in [3.8, 4) is 18.1 Å². The zero-order valence-corrected chi connectivity index (χ0v) is 9.39. The summed E-state index contributed by atoms with van der Waals surface area (Å²) in [4.78, 5) is 2.34. The van der Waals surface area contributed by atoms with E-state index in [1.54, 1.807) is 12.1 Å². The highest BCUT2D eigenvalue weighted by Gasteiger charge is 2.22. The molecule has 2 heteroatoms. The van der Waals surface area contributed by atoms with Crippen LogP contribution in [0.5, 0.6) is 5.75 Å². The molecular weight excluding hydrogens is 198 g/mol. The molecule has 0 bridgehead atoms. The van der Waals surface area contributed by atoms with Gasteiger partial charge in [0.05, 0.1) is 6.54 Å². The second-order valence-electron chi connectivity index (χ2n) is 4.28. The molecule has 1 heterocycles. The summed E-state index contributed by atoms with van der Waals surface area (Å²) in [5.74, 6) is 3.05. The Balaban J connectivity index is 2.16. The molecule has 1 fully saturated rings. The number of phenolic OH excluding ortho intramolecular Hbond substituents is 1. The predicted octanol–water partition coefficient (Wildman–Crippen LogP) is 2.55. The van der Waals surface area contributed by atoms with E-state index in [1.807, 2.05) is 12.1 Å². The van der Waals surface area contributed by atoms with Crippen LogP contribution in [0, 0.1) is 12.3 Å². The SMILES string of the molecule is C#CCN1CCCCC1c1ccc(O)cc1. The van der Waals surface area contributed by atoms with Gasteiger partial charge in [-0.2, -0.15) is 0 Å². The van der Waals surface area contributed by atoms with Crippen molar-refractivity contribution in [3.63, 3.8) is 0 Å². The Hall–Kier alpha value is -1.46. The lowest BCUT2D eigenvalue weighted by Gasteiger charge is -2.34. The highest BCUT2D eigenvalue weighted by atomic mass is 16.3. The van der Waals surface area contributed by atoms with Crippen molar-refractivity contribution in [1.29, 1.82) is 0 Å². The first kappa shape index (κ1) is 11.0. The summed E-state index contributed by atoms with van der Waals surface area (Å²) in [6, 6.07) is 7.91. The molecule has 1 saturated heterocycles. The minimum atomic E-state index is 0.322. The summed E-state index contributed by atoms with van der Waals surface area (Å²) < 4.78 is 0. The first-order valence-corrected chi connectivity index (χ1v) is 5.77. The van der Waals surface area contributed by atoms with Gasteiger partial charge in [-0.3, -0.25) is 4.90 Å². The van der Waals surface area contributed by atoms with Crippen molar-refractivity contribution in [2.45, 2.75) is 25.3 Å². The minimum absolute atomic E-state index is 0.322. The number of terminal acetylenes is 1. The lowest BCUT2D eigenvalue weighted by atomic mass is 9.95. The monoisotopic (exact) mass is 215 g/mol. The topological polar surface area (TPSA) is 23.5 Å². The number of hydrogen-bond acceptors (Lipinski definition) is 2. The van der Waals surface area contributed by atoms with E-state index >= 15 is 0 Å². The van der Waals surface area contributed by atoms with E-state index < -0.39 is 0 Å². The number of nitrogens with zero attached hydrogens (tertiary/aromatic N) is 1. The fourth-order valence-corrected chi connectivity index (χ4v) is 2.37. The van der Waals surface area contributed by atoms with Crippen LogP contribution in [0.15, 0.2) is 24.3 Å². The summed E-state index contributed by atoms with van der Waals surface area (Å²) in [5.41, 5.74) is 1.26. The Morgan fingerprint density at radius 2 is 2.06 bits per heavy atom. The van der Waals surface area contributed by atoms with Gasteiger partial charge >= 0.3 is 0 Å². The van der Waals surface area contributed by atoms with E-state index in [4.69, 9.17) is 6.42 Å². The third-order valence-electron chi connectivity index (χ3n) is 3.19. The molecule has 0 saturated carbocycles. The molecule has 1 aromatic carbocycles. The molecule has 1 aromatic rings. The molecular formula is C14H17NO. The van der Waals surface area contributed by atoms with Crippen LogP contribution in [0.25, 0.3) is 0 Å². The molecule has 2 rings (SSSR count). The fourth-order valence-electron chi connectivity index (χ4n) is 2.37. The highest BCUT2D eigenvalue weighted by molar-refractivity contribution is 5.28. The van der Waals surface area contributed by atoms with E-state index in [9.17, 15) is 5.11 Å². The van der Waals surface area contributed by atoms with Gasteiger partial charge in [-0.1, -0.05) is 24.5 Å². The molecule has 0 spiro atoms. The summed E-state index contributed by atoms with van der Waals surface area (Å²) >= 11 is 0. The lowest BCUT2D eigenvalue weighted by Crippen LogP contribution is -2.33. The standard InChI is InChI=1S/C14H17NO/c1-2-10-15-11-4-3-5-14(15)12-6-8-13(16)9-7-12/h1,6-9,14,16H,3-5,10-11H2. The van der Waals surface area contributed by atoms with Gasteiger partial charge in [0.2, 0.25) is 0 Å². The Morgan fingerprint density at radius 3 is 2.75 bits per heavy atom. The summed E-state index contributed by atoms with van der Waals surface area (Å²) in [5, 5.41) is 9.28. The van der Waals surface area contributed by atoms with Gasteiger partial charge in [0.25, 0.3) is 0 Å². The van der Waals surface area contributed by atoms with E-state index in [0.29, 0.717) is 18.3 Å². The fraction of sp³-hybridized carbons (Fsp3) is 0.429. The number of hydrogen-bond donors (Lipinski definition) is 1. The molecule has 1 aliphatic rings. The van der Waals surface area contributed by atoms with Crippen LogP contribution < -0.4 is 0 Å². The van der Waals surface area contributed by atoms with Crippen LogP contribution in [-0.4, -0.2) is 23.1 Å². The van der Waals surface area contributed by atoms with Gasteiger partial charge in [0.1, 0.15) is 5.75 Å². The van der Waals surface area contributed by atoms with Crippen molar-refractivity contribution >= 4 is 0 Å². The highest BCUT2D eigenvalue weighted by Crippen LogP contribution is 2.31. The predicted molar refractivity (Wildman–Crippen MR) is 65.1 cm³/mol. The maximum atomic E-state index is 9.28. The summed E-state index contributed by atoms with van der Waals surface area (Å²) in [6.07, 6.45) is 9.04. The number of phenols is 1. The Morgan fingerprint density at radius 1 is 1.31 bits per heavy atom. The van der Waals surface area contributed by atoms with Crippen LogP contribution in [0.1, 0.15) is 30.9 Å². The zero-order valence-electron chi connectivity index (χ0n) is 9.39. The van der Waals surface area contributed by atoms with Crippen LogP contribution in [-0.2, 0) is 0 Å². The lowest BCUT2D eigenvalue weighted by molar-refractivity contribution is 0.169. The average molecular weight is 215 g/mol. The number of rotatable bonds is 2. The van der Waals surface area contributed by atoms with Crippen LogP contribution in [0.3, 0.4) is 0 Å². The maximum Gasteiger partial charge on any atom is 0.115 e. The number of likely N-dealkylation sites (tertiary alicyclic amines) is 1. The van der Waals surface area contributed by atoms with Gasteiger partial charge < -0.3 is 5.11 Å². The first-order valence-electron chi connectivity index (χ1n) is 5.77. The second kappa shape index (κ2) is 5.05. The van der Waals surface area contributed by atoms with Crippen molar-refractivity contribution in [2.75, 3.05) is 13.1 Å². The Labute approximate surface area is 96.9 Å². The Kier molecular flexibility index (Phi) is 3.48. The normalized spacial score (nSPS) is 21.6. The van der Waals surface area contributed by atoms with Crippen molar-refractivity contribution in [2.24, 2.45) is 0 Å². The van der Waals surface area contributed by atoms with E-state index in [0.717, 1.165) is 13.0 Å². The molecule has 0 radical (unpaired) electrons. The summed E-state index contributed by atoms with van der Waals surface area (Å²) in [6.45, 7) is 1.79. The quantitative estimate of drug-likeness (QED) is 0.766. The van der Waals surface area contributed by atoms with Crippen molar-refractivity contribution in [1.82, 2.24) is 4.90 Å². The number of benzene rings is 1. The number of piperidine rings is 1. The Bertz CT molecular complexity index is 377. The third kappa shape index (κ3) is 2.37. The van der Waals surface area contributed by atoms with E-state index in [-0.39, 0.29) is 0 Å².